The fourth-order valence-corrected chi connectivity index (χ4v) is 2.73. The summed E-state index contributed by atoms with van der Waals surface area (Å²) >= 11 is 0. The maximum absolute atomic E-state index is 13.0. The molecule has 0 aliphatic carbocycles. The lowest BCUT2D eigenvalue weighted by atomic mass is 10.0. The maximum atomic E-state index is 13.0. The van der Waals surface area contributed by atoms with E-state index in [1.165, 1.54) is 4.90 Å². The fraction of sp³-hybridized carbons (Fsp3) is 1.00. The molecule has 0 saturated carbocycles. The minimum atomic E-state index is -4.25. The first kappa shape index (κ1) is 14.0. The lowest BCUT2D eigenvalue weighted by molar-refractivity contribution is -0.231. The molecule has 106 valence electrons. The SMILES string of the molecule is NCCC(N1CCCC2(C1)OCCO2)C(F)(F)F. The van der Waals surface area contributed by atoms with Gasteiger partial charge in [-0.1, -0.05) is 0 Å². The number of piperidine rings is 1. The number of nitrogens with two attached hydrogens (primary N) is 1. The summed E-state index contributed by atoms with van der Waals surface area (Å²) in [6.45, 7) is 1.54. The van der Waals surface area contributed by atoms with Crippen LogP contribution in [0, 0.1) is 0 Å². The second-order valence-electron chi connectivity index (χ2n) is 4.82. The minimum Gasteiger partial charge on any atom is -0.346 e. The smallest absolute Gasteiger partial charge is 0.346 e. The van der Waals surface area contributed by atoms with Crippen molar-refractivity contribution in [1.29, 1.82) is 0 Å². The summed E-state index contributed by atoms with van der Waals surface area (Å²) in [5.41, 5.74) is 5.29. The highest BCUT2D eigenvalue weighted by atomic mass is 19.4. The molecule has 0 radical (unpaired) electrons. The Kier molecular flexibility index (Phi) is 4.15. The molecule has 18 heavy (non-hydrogen) atoms. The maximum Gasteiger partial charge on any atom is 0.404 e. The van der Waals surface area contributed by atoms with E-state index in [9.17, 15) is 13.2 Å². The van der Waals surface area contributed by atoms with E-state index in [-0.39, 0.29) is 19.5 Å². The lowest BCUT2D eigenvalue weighted by Crippen LogP contribution is -2.56. The molecule has 0 bridgehead atoms. The Labute approximate surface area is 104 Å². The van der Waals surface area contributed by atoms with Gasteiger partial charge in [-0.15, -0.1) is 0 Å². The van der Waals surface area contributed by atoms with Gasteiger partial charge in [0, 0.05) is 6.42 Å². The van der Waals surface area contributed by atoms with Gasteiger partial charge in [0.1, 0.15) is 6.04 Å². The molecule has 2 N–H and O–H groups in total. The summed E-state index contributed by atoms with van der Waals surface area (Å²) in [4.78, 5) is 1.40. The van der Waals surface area contributed by atoms with Crippen LogP contribution in [-0.4, -0.2) is 55.8 Å². The molecule has 0 amide bonds. The first-order chi connectivity index (χ1) is 8.47. The number of alkyl halides is 3. The quantitative estimate of drug-likeness (QED) is 0.833. The monoisotopic (exact) mass is 268 g/mol. The van der Waals surface area contributed by atoms with Crippen molar-refractivity contribution in [3.63, 3.8) is 0 Å². The molecule has 2 aliphatic rings. The zero-order valence-electron chi connectivity index (χ0n) is 10.2. The van der Waals surface area contributed by atoms with Gasteiger partial charge in [-0.25, -0.2) is 0 Å². The average molecular weight is 268 g/mol. The molecule has 1 unspecified atom stereocenters. The number of rotatable bonds is 3. The summed E-state index contributed by atoms with van der Waals surface area (Å²) < 4.78 is 49.9. The Hall–Kier alpha value is -0.370. The van der Waals surface area contributed by atoms with Crippen molar-refractivity contribution in [3.05, 3.63) is 0 Å². The Bertz CT molecular complexity index is 280. The van der Waals surface area contributed by atoms with Gasteiger partial charge in [-0.05, 0) is 25.9 Å². The van der Waals surface area contributed by atoms with Gasteiger partial charge < -0.3 is 15.2 Å². The van der Waals surface area contributed by atoms with Crippen molar-refractivity contribution in [1.82, 2.24) is 4.90 Å². The number of nitrogens with zero attached hydrogens (tertiary/aromatic N) is 1. The zero-order valence-corrected chi connectivity index (χ0v) is 10.2. The Morgan fingerprint density at radius 3 is 2.50 bits per heavy atom. The molecule has 1 spiro atoms. The van der Waals surface area contributed by atoms with Crippen molar-refractivity contribution in [2.45, 2.75) is 37.3 Å². The molecule has 1 atom stereocenters. The number of halogens is 3. The van der Waals surface area contributed by atoms with Crippen LogP contribution in [0.4, 0.5) is 13.2 Å². The van der Waals surface area contributed by atoms with Gasteiger partial charge in [0.05, 0.1) is 19.8 Å². The first-order valence-electron chi connectivity index (χ1n) is 6.26. The normalized spacial score (nSPS) is 26.7. The van der Waals surface area contributed by atoms with E-state index in [0.717, 1.165) is 0 Å². The van der Waals surface area contributed by atoms with E-state index in [1.807, 2.05) is 0 Å². The molecule has 2 fully saturated rings. The third-order valence-corrected chi connectivity index (χ3v) is 3.52. The average Bonchev–Trinajstić information content (AvgIpc) is 2.72. The second-order valence-corrected chi connectivity index (χ2v) is 4.82. The molecule has 0 aromatic rings. The summed E-state index contributed by atoms with van der Waals surface area (Å²) in [5.74, 6) is -0.823. The van der Waals surface area contributed by atoms with Crippen LogP contribution in [0.2, 0.25) is 0 Å². The number of likely N-dealkylation sites (tertiary alicyclic amines) is 1. The van der Waals surface area contributed by atoms with E-state index >= 15 is 0 Å². The van der Waals surface area contributed by atoms with Crippen LogP contribution in [0.15, 0.2) is 0 Å². The van der Waals surface area contributed by atoms with E-state index in [2.05, 4.69) is 0 Å². The van der Waals surface area contributed by atoms with Crippen molar-refractivity contribution in [3.8, 4) is 0 Å². The number of hydrogen-bond acceptors (Lipinski definition) is 4. The highest BCUT2D eigenvalue weighted by Crippen LogP contribution is 2.35. The fourth-order valence-electron chi connectivity index (χ4n) is 2.73. The predicted molar refractivity (Wildman–Crippen MR) is 59.0 cm³/mol. The van der Waals surface area contributed by atoms with Crippen LogP contribution in [0.3, 0.4) is 0 Å². The van der Waals surface area contributed by atoms with E-state index in [4.69, 9.17) is 15.2 Å². The molecule has 4 nitrogen and oxygen atoms in total. The third-order valence-electron chi connectivity index (χ3n) is 3.52. The topological polar surface area (TPSA) is 47.7 Å². The zero-order chi connectivity index (χ0) is 13.2. The van der Waals surface area contributed by atoms with Crippen LogP contribution >= 0.6 is 0 Å². The van der Waals surface area contributed by atoms with Crippen LogP contribution < -0.4 is 5.73 Å². The summed E-state index contributed by atoms with van der Waals surface area (Å²) in [6, 6.07) is -1.49. The largest absolute Gasteiger partial charge is 0.404 e. The molecular weight excluding hydrogens is 249 g/mol. The summed E-state index contributed by atoms with van der Waals surface area (Å²) in [7, 11) is 0. The Morgan fingerprint density at radius 2 is 1.94 bits per heavy atom. The molecule has 2 saturated heterocycles. The third kappa shape index (κ3) is 2.96. The van der Waals surface area contributed by atoms with Crippen molar-refractivity contribution < 1.29 is 22.6 Å². The Balaban J connectivity index is 2.06. The van der Waals surface area contributed by atoms with Gasteiger partial charge in [-0.3, -0.25) is 4.90 Å². The number of hydrogen-bond donors (Lipinski definition) is 1. The van der Waals surface area contributed by atoms with E-state index in [1.54, 1.807) is 0 Å². The Morgan fingerprint density at radius 1 is 1.28 bits per heavy atom. The van der Waals surface area contributed by atoms with E-state index < -0.39 is 18.0 Å². The van der Waals surface area contributed by atoms with Gasteiger partial charge in [-0.2, -0.15) is 13.2 Å². The van der Waals surface area contributed by atoms with Crippen LogP contribution in [0.25, 0.3) is 0 Å². The lowest BCUT2D eigenvalue weighted by Gasteiger charge is -2.42. The molecule has 7 heteroatoms. The van der Waals surface area contributed by atoms with Crippen LogP contribution in [0.5, 0.6) is 0 Å². The van der Waals surface area contributed by atoms with Gasteiger partial charge in [0.2, 0.25) is 0 Å². The molecule has 2 heterocycles. The second kappa shape index (κ2) is 5.32. The molecule has 2 rings (SSSR count). The first-order valence-corrected chi connectivity index (χ1v) is 6.26. The summed E-state index contributed by atoms with van der Waals surface area (Å²) in [5, 5.41) is 0. The highest BCUT2D eigenvalue weighted by Gasteiger charge is 2.49. The standard InChI is InChI=1S/C11H19F3N2O2/c12-11(13,14)9(2-4-15)16-5-1-3-10(8-16)17-6-7-18-10/h9H,1-8,15H2. The summed E-state index contributed by atoms with van der Waals surface area (Å²) in [6.07, 6.45) is -3.02. The molecule has 2 aliphatic heterocycles. The number of ether oxygens (including phenoxy) is 2. The highest BCUT2D eigenvalue weighted by molar-refractivity contribution is 4.89. The van der Waals surface area contributed by atoms with Crippen molar-refractivity contribution in [2.75, 3.05) is 32.8 Å². The predicted octanol–water partition coefficient (Wildman–Crippen LogP) is 1.10. The van der Waals surface area contributed by atoms with Crippen molar-refractivity contribution >= 4 is 0 Å². The minimum absolute atomic E-state index is 0.0232. The molecule has 0 aromatic carbocycles. The van der Waals surface area contributed by atoms with Gasteiger partial charge in [0.25, 0.3) is 0 Å². The van der Waals surface area contributed by atoms with Crippen LogP contribution in [-0.2, 0) is 9.47 Å². The van der Waals surface area contributed by atoms with Crippen LogP contribution in [0.1, 0.15) is 19.3 Å². The molecule has 0 aromatic heterocycles. The van der Waals surface area contributed by atoms with Gasteiger partial charge >= 0.3 is 6.18 Å². The van der Waals surface area contributed by atoms with Gasteiger partial charge in [0.15, 0.2) is 5.79 Å². The van der Waals surface area contributed by atoms with E-state index in [0.29, 0.717) is 32.6 Å². The molecular formula is C11H19F3N2O2. The van der Waals surface area contributed by atoms with Crippen molar-refractivity contribution in [2.24, 2.45) is 5.73 Å².